The molecule has 2 rings (SSSR count). The lowest BCUT2D eigenvalue weighted by Crippen LogP contribution is -2.45. The third-order valence-corrected chi connectivity index (χ3v) is 3.71. The molecule has 3 nitrogen and oxygen atoms in total. The number of thiocarbonyl (C=S) groups is 1. The van der Waals surface area contributed by atoms with Crippen LogP contribution in [0.25, 0.3) is 0 Å². The van der Waals surface area contributed by atoms with E-state index in [0.29, 0.717) is 24.2 Å². The molecular formula is C14H19FN2OS. The van der Waals surface area contributed by atoms with Gasteiger partial charge in [-0.3, -0.25) is 4.90 Å². The van der Waals surface area contributed by atoms with Gasteiger partial charge in [-0.15, -0.1) is 0 Å². The van der Waals surface area contributed by atoms with Gasteiger partial charge < -0.3 is 10.8 Å². The second kappa shape index (κ2) is 5.53. The average molecular weight is 282 g/mol. The van der Waals surface area contributed by atoms with Gasteiger partial charge in [-0.05, 0) is 44.5 Å². The Morgan fingerprint density at radius 3 is 2.95 bits per heavy atom. The zero-order valence-electron chi connectivity index (χ0n) is 11.0. The molecule has 1 unspecified atom stereocenters. The highest BCUT2D eigenvalue weighted by molar-refractivity contribution is 7.80. The molecule has 1 aromatic carbocycles. The minimum Gasteiger partial charge on any atom is -0.389 e. The summed E-state index contributed by atoms with van der Waals surface area (Å²) in [4.78, 5) is 2.33. The van der Waals surface area contributed by atoms with Gasteiger partial charge in [0.25, 0.3) is 0 Å². The first-order chi connectivity index (χ1) is 8.87. The molecule has 0 amide bonds. The zero-order valence-corrected chi connectivity index (χ0v) is 11.8. The van der Waals surface area contributed by atoms with Crippen LogP contribution in [-0.2, 0) is 6.54 Å². The Labute approximate surface area is 118 Å². The lowest BCUT2D eigenvalue weighted by atomic mass is 9.94. The number of aliphatic hydroxyl groups is 1. The fourth-order valence-corrected chi connectivity index (χ4v) is 2.68. The minimum atomic E-state index is -0.685. The molecule has 1 fully saturated rings. The highest BCUT2D eigenvalue weighted by Gasteiger charge is 2.28. The van der Waals surface area contributed by atoms with E-state index in [1.54, 1.807) is 12.1 Å². The zero-order chi connectivity index (χ0) is 14.0. The first kappa shape index (κ1) is 14.4. The molecule has 0 radical (unpaired) electrons. The van der Waals surface area contributed by atoms with Crippen LogP contribution < -0.4 is 5.73 Å². The highest BCUT2D eigenvalue weighted by atomic mass is 32.1. The number of β-amino-alcohol motifs (C(OH)–C–C–N with tert-alkyl or cyclic N) is 1. The Kier molecular flexibility index (Phi) is 4.18. The van der Waals surface area contributed by atoms with Crippen molar-refractivity contribution in [1.82, 2.24) is 4.90 Å². The molecule has 1 aliphatic rings. The average Bonchev–Trinajstić information content (AvgIpc) is 2.30. The second-order valence-electron chi connectivity index (χ2n) is 5.48. The van der Waals surface area contributed by atoms with Gasteiger partial charge in [0.15, 0.2) is 0 Å². The second-order valence-corrected chi connectivity index (χ2v) is 5.92. The standard InChI is InChI=1S/C14H19FN2OS/c1-14(18)5-2-6-17(9-14)8-11-7-10(13(16)19)3-4-12(11)15/h3-4,7,18H,2,5-6,8-9H2,1H3,(H2,16,19). The van der Waals surface area contributed by atoms with E-state index < -0.39 is 5.60 Å². The number of nitrogens with zero attached hydrogens (tertiary/aromatic N) is 1. The topological polar surface area (TPSA) is 49.5 Å². The molecule has 0 aliphatic carbocycles. The molecular weight excluding hydrogens is 263 g/mol. The van der Waals surface area contributed by atoms with Gasteiger partial charge in [0, 0.05) is 24.2 Å². The Bertz CT molecular complexity index is 490. The van der Waals surface area contributed by atoms with Crippen LogP contribution in [0, 0.1) is 5.82 Å². The van der Waals surface area contributed by atoms with E-state index >= 15 is 0 Å². The molecule has 1 saturated heterocycles. The van der Waals surface area contributed by atoms with Crippen molar-refractivity contribution < 1.29 is 9.50 Å². The van der Waals surface area contributed by atoms with Crippen LogP contribution in [0.15, 0.2) is 18.2 Å². The van der Waals surface area contributed by atoms with Gasteiger partial charge in [0.05, 0.1) is 5.60 Å². The smallest absolute Gasteiger partial charge is 0.127 e. The Balaban J connectivity index is 2.14. The van der Waals surface area contributed by atoms with E-state index in [-0.39, 0.29) is 10.8 Å². The van der Waals surface area contributed by atoms with Crippen LogP contribution >= 0.6 is 12.2 Å². The molecule has 1 aromatic rings. The van der Waals surface area contributed by atoms with Crippen molar-refractivity contribution in [3.63, 3.8) is 0 Å². The van der Waals surface area contributed by atoms with Gasteiger partial charge in [-0.25, -0.2) is 4.39 Å². The Morgan fingerprint density at radius 1 is 1.58 bits per heavy atom. The summed E-state index contributed by atoms with van der Waals surface area (Å²) in [5, 5.41) is 10.1. The Morgan fingerprint density at radius 2 is 2.32 bits per heavy atom. The van der Waals surface area contributed by atoms with Crippen molar-refractivity contribution >= 4 is 17.2 Å². The SMILES string of the molecule is CC1(O)CCCN(Cc2cc(C(N)=S)ccc2F)C1. The summed E-state index contributed by atoms with van der Waals surface area (Å²) in [6.07, 6.45) is 1.71. The summed E-state index contributed by atoms with van der Waals surface area (Å²) in [5.41, 5.74) is 6.13. The predicted molar refractivity (Wildman–Crippen MR) is 77.4 cm³/mol. The number of benzene rings is 1. The van der Waals surface area contributed by atoms with Crippen molar-refractivity contribution in [2.75, 3.05) is 13.1 Å². The summed E-state index contributed by atoms with van der Waals surface area (Å²) < 4.78 is 13.8. The highest BCUT2D eigenvalue weighted by Crippen LogP contribution is 2.23. The van der Waals surface area contributed by atoms with Crippen LogP contribution in [0.1, 0.15) is 30.9 Å². The third-order valence-electron chi connectivity index (χ3n) is 3.48. The van der Waals surface area contributed by atoms with E-state index in [2.05, 4.69) is 4.90 Å². The van der Waals surface area contributed by atoms with Gasteiger partial charge in [0.2, 0.25) is 0 Å². The van der Waals surface area contributed by atoms with Gasteiger partial charge >= 0.3 is 0 Å². The van der Waals surface area contributed by atoms with Crippen molar-refractivity contribution in [2.24, 2.45) is 5.73 Å². The lowest BCUT2D eigenvalue weighted by Gasteiger charge is -2.36. The monoisotopic (exact) mass is 282 g/mol. The summed E-state index contributed by atoms with van der Waals surface area (Å²) >= 11 is 4.91. The molecule has 0 aromatic heterocycles. The minimum absolute atomic E-state index is 0.259. The number of rotatable bonds is 3. The van der Waals surface area contributed by atoms with E-state index in [1.165, 1.54) is 6.07 Å². The van der Waals surface area contributed by atoms with Crippen LogP contribution in [-0.4, -0.2) is 33.7 Å². The van der Waals surface area contributed by atoms with Crippen LogP contribution in [0.3, 0.4) is 0 Å². The number of hydrogen-bond acceptors (Lipinski definition) is 3. The van der Waals surface area contributed by atoms with Crippen molar-refractivity contribution in [2.45, 2.75) is 31.9 Å². The number of piperidine rings is 1. The molecule has 1 aliphatic heterocycles. The molecule has 19 heavy (non-hydrogen) atoms. The summed E-state index contributed by atoms with van der Waals surface area (Å²) in [5.74, 6) is -0.259. The number of nitrogens with two attached hydrogens (primary N) is 1. The summed E-state index contributed by atoms with van der Waals surface area (Å²) in [7, 11) is 0. The first-order valence-corrected chi connectivity index (χ1v) is 6.81. The molecule has 1 atom stereocenters. The van der Waals surface area contributed by atoms with Crippen molar-refractivity contribution in [3.8, 4) is 0 Å². The van der Waals surface area contributed by atoms with Gasteiger partial charge in [0.1, 0.15) is 10.8 Å². The number of likely N-dealkylation sites (tertiary alicyclic amines) is 1. The van der Waals surface area contributed by atoms with Crippen molar-refractivity contribution in [1.29, 1.82) is 0 Å². The largest absolute Gasteiger partial charge is 0.389 e. The van der Waals surface area contributed by atoms with Gasteiger partial charge in [-0.2, -0.15) is 0 Å². The maximum atomic E-state index is 13.8. The van der Waals surface area contributed by atoms with E-state index in [1.807, 2.05) is 6.92 Å². The van der Waals surface area contributed by atoms with Crippen LogP contribution in [0.4, 0.5) is 4.39 Å². The molecule has 0 spiro atoms. The summed E-state index contributed by atoms with van der Waals surface area (Å²) in [6, 6.07) is 4.68. The van der Waals surface area contributed by atoms with Crippen molar-refractivity contribution in [3.05, 3.63) is 35.1 Å². The van der Waals surface area contributed by atoms with E-state index in [9.17, 15) is 9.50 Å². The molecule has 5 heteroatoms. The third kappa shape index (κ3) is 3.72. The maximum Gasteiger partial charge on any atom is 0.127 e. The molecule has 0 bridgehead atoms. The molecule has 0 saturated carbocycles. The fraction of sp³-hybridized carbons (Fsp3) is 0.500. The van der Waals surface area contributed by atoms with Crippen LogP contribution in [0.2, 0.25) is 0 Å². The molecule has 1 heterocycles. The molecule has 3 N–H and O–H groups in total. The molecule has 104 valence electrons. The lowest BCUT2D eigenvalue weighted by molar-refractivity contribution is -0.0184. The first-order valence-electron chi connectivity index (χ1n) is 6.40. The van der Waals surface area contributed by atoms with Gasteiger partial charge in [-0.1, -0.05) is 12.2 Å². The maximum absolute atomic E-state index is 13.8. The predicted octanol–water partition coefficient (Wildman–Crippen LogP) is 1.81. The van der Waals surface area contributed by atoms with E-state index in [4.69, 9.17) is 18.0 Å². The van der Waals surface area contributed by atoms with E-state index in [0.717, 1.165) is 19.4 Å². The van der Waals surface area contributed by atoms with Crippen LogP contribution in [0.5, 0.6) is 0 Å². The normalized spacial score (nSPS) is 24.4. The quantitative estimate of drug-likeness (QED) is 0.830. The number of halogens is 1. The summed E-state index contributed by atoms with van der Waals surface area (Å²) in [6.45, 7) is 3.72. The number of hydrogen-bond donors (Lipinski definition) is 2. The Hall–Kier alpha value is -1.04. The fourth-order valence-electron chi connectivity index (χ4n) is 2.55.